The molecule has 0 bridgehead atoms. The molecule has 0 N–H and O–H groups in total. The first kappa shape index (κ1) is 16.5. The van der Waals surface area contributed by atoms with Crippen molar-refractivity contribution in [2.45, 2.75) is 44.5 Å². The minimum absolute atomic E-state index is 0.179. The van der Waals surface area contributed by atoms with Gasteiger partial charge in [-0.1, -0.05) is 67.1 Å². The van der Waals surface area contributed by atoms with Gasteiger partial charge in [-0.25, -0.2) is 0 Å². The Hall–Kier alpha value is -1.35. The quantitative estimate of drug-likeness (QED) is 0.690. The van der Waals surface area contributed by atoms with Crippen LogP contribution in [0.15, 0.2) is 54.6 Å². The van der Waals surface area contributed by atoms with Gasteiger partial charge < -0.3 is 9.47 Å². The predicted molar refractivity (Wildman–Crippen MR) is 93.6 cm³/mol. The van der Waals surface area contributed by atoms with Gasteiger partial charge in [-0.2, -0.15) is 0 Å². The Labute approximate surface area is 143 Å². The molecule has 1 saturated heterocycles. The van der Waals surface area contributed by atoms with E-state index in [9.17, 15) is 0 Å². The van der Waals surface area contributed by atoms with E-state index in [1.807, 2.05) is 30.3 Å². The van der Waals surface area contributed by atoms with Crippen LogP contribution in [0.2, 0.25) is 5.02 Å². The van der Waals surface area contributed by atoms with Crippen LogP contribution in [0.25, 0.3) is 0 Å². The van der Waals surface area contributed by atoms with Gasteiger partial charge in [0.25, 0.3) is 0 Å². The summed E-state index contributed by atoms with van der Waals surface area (Å²) in [5.41, 5.74) is 2.11. The smallest absolute Gasteiger partial charge is 0.0921 e. The molecular weight excluding hydrogens is 308 g/mol. The van der Waals surface area contributed by atoms with Crippen molar-refractivity contribution in [3.8, 4) is 0 Å². The van der Waals surface area contributed by atoms with Crippen molar-refractivity contribution < 1.29 is 9.47 Å². The molecule has 2 aromatic rings. The van der Waals surface area contributed by atoms with Gasteiger partial charge in [0.2, 0.25) is 0 Å². The van der Waals surface area contributed by atoms with Gasteiger partial charge in [0, 0.05) is 5.02 Å². The first-order chi connectivity index (χ1) is 11.2. The Bertz CT molecular complexity index is 629. The van der Waals surface area contributed by atoms with E-state index in [2.05, 4.69) is 31.2 Å². The molecule has 3 heteroatoms. The second kappa shape index (κ2) is 7.48. The molecule has 3 rings (SSSR count). The lowest BCUT2D eigenvalue weighted by atomic mass is 9.97. The lowest BCUT2D eigenvalue weighted by Crippen LogP contribution is -2.33. The van der Waals surface area contributed by atoms with E-state index < -0.39 is 0 Å². The van der Waals surface area contributed by atoms with Crippen LogP contribution in [0.3, 0.4) is 0 Å². The Kier molecular flexibility index (Phi) is 5.37. The van der Waals surface area contributed by atoms with Crippen LogP contribution in [0, 0.1) is 0 Å². The molecule has 1 aliphatic heterocycles. The summed E-state index contributed by atoms with van der Waals surface area (Å²) in [7, 11) is 0. The van der Waals surface area contributed by atoms with E-state index in [0.717, 1.165) is 29.8 Å². The molecule has 2 unspecified atom stereocenters. The van der Waals surface area contributed by atoms with Crippen LogP contribution in [-0.4, -0.2) is 12.2 Å². The fourth-order valence-corrected chi connectivity index (χ4v) is 3.34. The van der Waals surface area contributed by atoms with Crippen LogP contribution < -0.4 is 0 Å². The van der Waals surface area contributed by atoms with E-state index in [4.69, 9.17) is 21.1 Å². The maximum absolute atomic E-state index is 6.39. The standard InChI is InChI=1S/C20H23ClO2/c1-2-20(15-22-14-17-10-6-7-11-18(17)21)13-12-19(23-20)16-8-4-3-5-9-16/h3-11,19H,2,12-15H2,1H3. The SMILES string of the molecule is CCC1(COCc2ccccc2Cl)CCC(c2ccccc2)O1. The van der Waals surface area contributed by atoms with Crippen molar-refractivity contribution in [1.29, 1.82) is 0 Å². The van der Waals surface area contributed by atoms with Gasteiger partial charge in [-0.05, 0) is 36.5 Å². The Balaban J connectivity index is 1.59. The maximum Gasteiger partial charge on any atom is 0.0921 e. The normalized spacial score (nSPS) is 24.0. The molecular formula is C20H23ClO2. The van der Waals surface area contributed by atoms with E-state index in [-0.39, 0.29) is 11.7 Å². The summed E-state index contributed by atoms with van der Waals surface area (Å²) in [6.07, 6.45) is 3.22. The fourth-order valence-electron chi connectivity index (χ4n) is 3.15. The minimum atomic E-state index is -0.179. The summed E-state index contributed by atoms with van der Waals surface area (Å²) < 4.78 is 12.3. The number of halogens is 1. The van der Waals surface area contributed by atoms with Crippen LogP contribution >= 0.6 is 11.6 Å². The Morgan fingerprint density at radius 3 is 2.61 bits per heavy atom. The first-order valence-corrected chi connectivity index (χ1v) is 8.64. The number of benzene rings is 2. The predicted octanol–water partition coefficient (Wildman–Crippen LogP) is 5.56. The molecule has 23 heavy (non-hydrogen) atoms. The molecule has 1 fully saturated rings. The topological polar surface area (TPSA) is 18.5 Å². The van der Waals surface area contributed by atoms with Gasteiger partial charge in [-0.3, -0.25) is 0 Å². The minimum Gasteiger partial charge on any atom is -0.374 e. The third-order valence-electron chi connectivity index (χ3n) is 4.65. The summed E-state index contributed by atoms with van der Waals surface area (Å²) in [4.78, 5) is 0. The third-order valence-corrected chi connectivity index (χ3v) is 5.02. The molecule has 2 aromatic carbocycles. The van der Waals surface area contributed by atoms with Crippen molar-refractivity contribution in [3.05, 3.63) is 70.7 Å². The highest BCUT2D eigenvalue weighted by atomic mass is 35.5. The zero-order valence-corrected chi connectivity index (χ0v) is 14.3. The van der Waals surface area contributed by atoms with Crippen LogP contribution in [0.1, 0.15) is 43.4 Å². The molecule has 0 spiro atoms. The maximum atomic E-state index is 6.39. The summed E-state index contributed by atoms with van der Waals surface area (Å²) in [6, 6.07) is 18.3. The summed E-state index contributed by atoms with van der Waals surface area (Å²) in [5.74, 6) is 0. The lowest BCUT2D eigenvalue weighted by Gasteiger charge is -2.28. The Morgan fingerprint density at radius 2 is 1.87 bits per heavy atom. The summed E-state index contributed by atoms with van der Waals surface area (Å²) in [6.45, 7) is 3.31. The molecule has 0 aromatic heterocycles. The highest BCUT2D eigenvalue weighted by Crippen LogP contribution is 2.41. The second-order valence-electron chi connectivity index (χ2n) is 6.18. The lowest BCUT2D eigenvalue weighted by molar-refractivity contribution is -0.0979. The fraction of sp³-hybridized carbons (Fsp3) is 0.400. The van der Waals surface area contributed by atoms with E-state index in [1.165, 1.54) is 5.56 Å². The highest BCUT2D eigenvalue weighted by molar-refractivity contribution is 6.31. The molecule has 1 aliphatic rings. The largest absolute Gasteiger partial charge is 0.374 e. The first-order valence-electron chi connectivity index (χ1n) is 8.26. The number of rotatable bonds is 6. The van der Waals surface area contributed by atoms with Gasteiger partial charge in [0.1, 0.15) is 0 Å². The van der Waals surface area contributed by atoms with Crippen molar-refractivity contribution in [1.82, 2.24) is 0 Å². The van der Waals surface area contributed by atoms with Gasteiger partial charge >= 0.3 is 0 Å². The van der Waals surface area contributed by atoms with E-state index >= 15 is 0 Å². The molecule has 0 radical (unpaired) electrons. The van der Waals surface area contributed by atoms with Gasteiger partial charge in [-0.15, -0.1) is 0 Å². The zero-order valence-electron chi connectivity index (χ0n) is 13.5. The van der Waals surface area contributed by atoms with E-state index in [1.54, 1.807) is 0 Å². The van der Waals surface area contributed by atoms with Crippen LogP contribution in [0.4, 0.5) is 0 Å². The summed E-state index contributed by atoms with van der Waals surface area (Å²) in [5, 5.41) is 0.757. The van der Waals surface area contributed by atoms with Crippen molar-refractivity contribution in [2.24, 2.45) is 0 Å². The molecule has 0 saturated carbocycles. The number of ether oxygens (including phenoxy) is 2. The molecule has 2 atom stereocenters. The second-order valence-corrected chi connectivity index (χ2v) is 6.58. The van der Waals surface area contributed by atoms with Gasteiger partial charge in [0.05, 0.1) is 24.9 Å². The summed E-state index contributed by atoms with van der Waals surface area (Å²) >= 11 is 6.18. The van der Waals surface area contributed by atoms with Crippen LogP contribution in [0.5, 0.6) is 0 Å². The number of hydrogen-bond acceptors (Lipinski definition) is 2. The molecule has 1 heterocycles. The number of hydrogen-bond donors (Lipinski definition) is 0. The highest BCUT2D eigenvalue weighted by Gasteiger charge is 2.39. The zero-order chi connectivity index (χ0) is 16.1. The Morgan fingerprint density at radius 1 is 1.13 bits per heavy atom. The average molecular weight is 331 g/mol. The van der Waals surface area contributed by atoms with E-state index in [0.29, 0.717) is 13.2 Å². The molecule has 122 valence electrons. The van der Waals surface area contributed by atoms with Gasteiger partial charge in [0.15, 0.2) is 0 Å². The third kappa shape index (κ3) is 3.95. The van der Waals surface area contributed by atoms with Crippen molar-refractivity contribution in [2.75, 3.05) is 6.61 Å². The molecule has 0 amide bonds. The monoisotopic (exact) mass is 330 g/mol. The van der Waals surface area contributed by atoms with Crippen molar-refractivity contribution >= 4 is 11.6 Å². The van der Waals surface area contributed by atoms with Crippen LogP contribution in [-0.2, 0) is 16.1 Å². The van der Waals surface area contributed by atoms with Crippen molar-refractivity contribution in [3.63, 3.8) is 0 Å². The average Bonchev–Trinajstić information content (AvgIpc) is 3.03. The molecule has 2 nitrogen and oxygen atoms in total. The molecule has 0 aliphatic carbocycles.